The first-order valence-electron chi connectivity index (χ1n) is 21.4. The third-order valence-electron chi connectivity index (χ3n) is 13.0. The molecule has 3 aliphatic rings. The molecule has 1 spiro atoms. The van der Waals surface area contributed by atoms with Crippen LogP contribution in [0.5, 0.6) is 0 Å². The van der Waals surface area contributed by atoms with Crippen molar-refractivity contribution >= 4 is 50.5 Å². The van der Waals surface area contributed by atoms with Gasteiger partial charge in [0.05, 0.1) is 16.8 Å². The molecule has 0 aliphatic heterocycles. The lowest BCUT2D eigenvalue weighted by molar-refractivity contribution is 0.794. The zero-order valence-electron chi connectivity index (χ0n) is 33.7. The van der Waals surface area contributed by atoms with Gasteiger partial charge in [-0.15, -0.1) is 0 Å². The maximum Gasteiger partial charge on any atom is 0.0725 e. The molecule has 0 aromatic heterocycles. The van der Waals surface area contributed by atoms with E-state index in [1.165, 1.54) is 66.4 Å². The van der Waals surface area contributed by atoms with Gasteiger partial charge in [0, 0.05) is 22.7 Å². The highest BCUT2D eigenvalue weighted by Crippen LogP contribution is 2.64. The zero-order valence-corrected chi connectivity index (χ0v) is 33.7. The average molecular weight is 779 g/mol. The van der Waals surface area contributed by atoms with Gasteiger partial charge in [-0.3, -0.25) is 0 Å². The van der Waals surface area contributed by atoms with Crippen molar-refractivity contribution in [3.63, 3.8) is 0 Å². The summed E-state index contributed by atoms with van der Waals surface area (Å²) in [6.07, 6.45) is 9.17. The van der Waals surface area contributed by atoms with Crippen LogP contribution < -0.4 is 9.80 Å². The minimum Gasteiger partial charge on any atom is -0.308 e. The second-order valence-electron chi connectivity index (χ2n) is 16.3. The maximum absolute atomic E-state index is 2.48. The number of rotatable bonds is 7. The first-order valence-corrected chi connectivity index (χ1v) is 21.4. The molecule has 0 saturated heterocycles. The van der Waals surface area contributed by atoms with E-state index in [2.05, 4.69) is 240 Å². The van der Waals surface area contributed by atoms with Crippen molar-refractivity contribution in [1.82, 2.24) is 0 Å². The van der Waals surface area contributed by atoms with Gasteiger partial charge in [0.1, 0.15) is 0 Å². The first-order chi connectivity index (χ1) is 30.3. The summed E-state index contributed by atoms with van der Waals surface area (Å²) in [6, 6.07) is 78.4. The highest BCUT2D eigenvalue weighted by molar-refractivity contribution is 6.07. The SMILES string of the molecule is C1=CC(c2ccc3c(c2)-c2cc(N(c4ccccc4)c4ccccc4N(c4ccccc4)c4ccccc4)ccc2C32c3ccccc3-c3c2ccc2ccccc32)=CCC1. The van der Waals surface area contributed by atoms with E-state index in [-0.39, 0.29) is 0 Å². The van der Waals surface area contributed by atoms with E-state index in [1.54, 1.807) is 0 Å². The molecule has 12 rings (SSSR count). The van der Waals surface area contributed by atoms with Crippen LogP contribution in [-0.2, 0) is 5.41 Å². The molecule has 0 saturated carbocycles. The number of nitrogens with zero attached hydrogens (tertiary/aromatic N) is 2. The highest BCUT2D eigenvalue weighted by Gasteiger charge is 2.52. The van der Waals surface area contributed by atoms with Gasteiger partial charge in [-0.1, -0.05) is 164 Å². The lowest BCUT2D eigenvalue weighted by Crippen LogP contribution is -2.26. The number of fused-ring (bicyclic) bond motifs is 12. The monoisotopic (exact) mass is 778 g/mol. The van der Waals surface area contributed by atoms with E-state index in [0.29, 0.717) is 0 Å². The minimum absolute atomic E-state index is 0.471. The van der Waals surface area contributed by atoms with Crippen molar-refractivity contribution < 1.29 is 0 Å². The molecule has 9 aromatic carbocycles. The summed E-state index contributed by atoms with van der Waals surface area (Å²) < 4.78 is 0. The van der Waals surface area contributed by atoms with Crippen molar-refractivity contribution in [1.29, 1.82) is 0 Å². The summed E-state index contributed by atoms with van der Waals surface area (Å²) >= 11 is 0. The Bertz CT molecular complexity index is 3160. The summed E-state index contributed by atoms with van der Waals surface area (Å²) in [5.74, 6) is 0. The summed E-state index contributed by atoms with van der Waals surface area (Å²) in [5, 5.41) is 2.57. The molecule has 1 atom stereocenters. The Morgan fingerprint density at radius 2 is 0.918 bits per heavy atom. The van der Waals surface area contributed by atoms with Crippen molar-refractivity contribution in [2.45, 2.75) is 18.3 Å². The van der Waals surface area contributed by atoms with Crippen molar-refractivity contribution in [3.8, 4) is 22.3 Å². The standard InChI is InChI=1S/C59H42N2/c1-5-19-41(20-6-1)43-34-36-53-50(39-43)51-40-47(35-38-54(51)59(53)52-30-16-15-29-49(52)58-48-28-14-13-21-42(48)33-37-55(58)59)61(46-26-11-4-12-27-46)57-32-18-17-31-56(57)60(44-22-7-2-8-23-44)45-24-9-3-10-25-45/h2-5,7-40H,1,6H2. The Kier molecular flexibility index (Phi) is 8.24. The molecule has 288 valence electrons. The number of hydrogen-bond acceptors (Lipinski definition) is 2. The summed E-state index contributed by atoms with van der Waals surface area (Å²) in [7, 11) is 0. The predicted octanol–water partition coefficient (Wildman–Crippen LogP) is 15.9. The van der Waals surface area contributed by atoms with E-state index in [4.69, 9.17) is 0 Å². The van der Waals surface area contributed by atoms with Gasteiger partial charge >= 0.3 is 0 Å². The van der Waals surface area contributed by atoms with Crippen LogP contribution in [0, 0.1) is 0 Å². The largest absolute Gasteiger partial charge is 0.308 e. The van der Waals surface area contributed by atoms with Crippen molar-refractivity contribution in [2.24, 2.45) is 0 Å². The van der Waals surface area contributed by atoms with Crippen LogP contribution >= 0.6 is 0 Å². The molecule has 0 N–H and O–H groups in total. The molecule has 9 aromatic rings. The number of para-hydroxylation sites is 5. The molecule has 0 fully saturated rings. The normalized spacial score (nSPS) is 15.5. The van der Waals surface area contributed by atoms with E-state index in [1.807, 2.05) is 0 Å². The third kappa shape index (κ3) is 5.42. The van der Waals surface area contributed by atoms with Crippen LogP contribution in [0.1, 0.15) is 40.7 Å². The molecule has 3 aliphatic carbocycles. The minimum atomic E-state index is -0.471. The molecule has 2 heteroatoms. The van der Waals surface area contributed by atoms with Crippen molar-refractivity contribution in [2.75, 3.05) is 9.80 Å². The Balaban J connectivity index is 1.13. The number of benzene rings is 9. The maximum atomic E-state index is 2.48. The molecule has 0 radical (unpaired) electrons. The van der Waals surface area contributed by atoms with Crippen LogP contribution in [0.3, 0.4) is 0 Å². The van der Waals surface area contributed by atoms with Gasteiger partial charge < -0.3 is 9.80 Å². The lowest BCUT2D eigenvalue weighted by atomic mass is 9.70. The van der Waals surface area contributed by atoms with Crippen LogP contribution in [0.4, 0.5) is 34.1 Å². The molecule has 1 unspecified atom stereocenters. The third-order valence-corrected chi connectivity index (χ3v) is 13.0. The average Bonchev–Trinajstić information content (AvgIpc) is 3.80. The Morgan fingerprint density at radius 3 is 1.59 bits per heavy atom. The molecule has 0 heterocycles. The van der Waals surface area contributed by atoms with E-state index >= 15 is 0 Å². The topological polar surface area (TPSA) is 6.48 Å². The molecule has 61 heavy (non-hydrogen) atoms. The fraction of sp³-hybridized carbons (Fsp3) is 0.0508. The highest BCUT2D eigenvalue weighted by atomic mass is 15.2. The second-order valence-corrected chi connectivity index (χ2v) is 16.3. The number of hydrogen-bond donors (Lipinski definition) is 0. The first kappa shape index (κ1) is 35.3. The van der Waals surface area contributed by atoms with Gasteiger partial charge in [-0.05, 0) is 146 Å². The summed E-state index contributed by atoms with van der Waals surface area (Å²) in [6.45, 7) is 0. The number of allylic oxidation sites excluding steroid dienone is 4. The Labute approximate surface area is 357 Å². The second kappa shape index (κ2) is 14.3. The molecule has 0 bridgehead atoms. The van der Waals surface area contributed by atoms with Gasteiger partial charge in [0.25, 0.3) is 0 Å². The van der Waals surface area contributed by atoms with E-state index in [0.717, 1.165) is 47.0 Å². The van der Waals surface area contributed by atoms with E-state index < -0.39 is 5.41 Å². The number of anilines is 6. The summed E-state index contributed by atoms with van der Waals surface area (Å²) in [5.41, 5.74) is 19.3. The smallest absolute Gasteiger partial charge is 0.0725 e. The van der Waals surface area contributed by atoms with Gasteiger partial charge in [-0.25, -0.2) is 0 Å². The zero-order chi connectivity index (χ0) is 40.3. The lowest BCUT2D eigenvalue weighted by Gasteiger charge is -2.34. The predicted molar refractivity (Wildman–Crippen MR) is 256 cm³/mol. The van der Waals surface area contributed by atoms with E-state index in [9.17, 15) is 0 Å². The quantitative estimate of drug-likeness (QED) is 0.159. The molecular formula is C59H42N2. The summed E-state index contributed by atoms with van der Waals surface area (Å²) in [4.78, 5) is 4.82. The molecular weight excluding hydrogens is 737 g/mol. The van der Waals surface area contributed by atoms with Crippen LogP contribution in [0.2, 0.25) is 0 Å². The van der Waals surface area contributed by atoms with Crippen LogP contribution in [0.25, 0.3) is 38.6 Å². The molecule has 2 nitrogen and oxygen atoms in total. The fourth-order valence-corrected chi connectivity index (χ4v) is 10.5. The Hall–Kier alpha value is -7.68. The molecule has 0 amide bonds. The van der Waals surface area contributed by atoms with Crippen molar-refractivity contribution in [3.05, 3.63) is 258 Å². The van der Waals surface area contributed by atoms with Gasteiger partial charge in [0.2, 0.25) is 0 Å². The van der Waals surface area contributed by atoms with Gasteiger partial charge in [-0.2, -0.15) is 0 Å². The Morgan fingerprint density at radius 1 is 0.377 bits per heavy atom. The van der Waals surface area contributed by atoms with Crippen LogP contribution in [0.15, 0.2) is 231 Å². The van der Waals surface area contributed by atoms with Gasteiger partial charge in [0.15, 0.2) is 0 Å². The van der Waals surface area contributed by atoms with Crippen LogP contribution in [-0.4, -0.2) is 0 Å². The fourth-order valence-electron chi connectivity index (χ4n) is 10.5.